The highest BCUT2D eigenvalue weighted by atomic mass is 19.4. The van der Waals surface area contributed by atoms with Gasteiger partial charge in [0.05, 0.1) is 11.7 Å². The molecule has 0 amide bonds. The fourth-order valence-electron chi connectivity index (χ4n) is 6.54. The first-order valence-electron chi connectivity index (χ1n) is 10.9. The van der Waals surface area contributed by atoms with Crippen LogP contribution in [0.3, 0.4) is 0 Å². The van der Waals surface area contributed by atoms with Gasteiger partial charge in [-0.1, -0.05) is 30.4 Å². The van der Waals surface area contributed by atoms with Crippen molar-refractivity contribution in [3.05, 3.63) is 69.4 Å². The zero-order valence-corrected chi connectivity index (χ0v) is 19.5. The first-order valence-corrected chi connectivity index (χ1v) is 10.9. The van der Waals surface area contributed by atoms with Gasteiger partial charge in [0.2, 0.25) is 10.8 Å². The number of piperidine rings is 1. The summed E-state index contributed by atoms with van der Waals surface area (Å²) in [5.41, 5.74) is -16.9. The molecule has 1 aliphatic carbocycles. The molecule has 206 valence electrons. The molecule has 1 fully saturated rings. The smallest absolute Gasteiger partial charge is 0.335 e. The zero-order chi connectivity index (χ0) is 28.6. The Morgan fingerprint density at radius 2 is 1.26 bits per heavy atom. The van der Waals surface area contributed by atoms with Gasteiger partial charge in [-0.15, -0.1) is 0 Å². The highest BCUT2D eigenvalue weighted by molar-refractivity contribution is 5.82. The largest absolute Gasteiger partial charge is 0.410 e. The lowest BCUT2D eigenvalue weighted by atomic mass is 9.50. The molecule has 14 heteroatoms. The lowest BCUT2D eigenvalue weighted by Gasteiger charge is -2.61. The molecule has 1 atom stereocenters. The van der Waals surface area contributed by atoms with E-state index in [1.807, 2.05) is 0 Å². The second-order valence-corrected chi connectivity index (χ2v) is 9.60. The molecule has 2 nitrogen and oxygen atoms in total. The number of nitrogens with zero attached hydrogens (tertiary/aromatic N) is 2. The van der Waals surface area contributed by atoms with Crippen LogP contribution in [0.5, 0.6) is 0 Å². The predicted molar refractivity (Wildman–Crippen MR) is 110 cm³/mol. The molecule has 0 aromatic heterocycles. The van der Waals surface area contributed by atoms with Crippen LogP contribution in [-0.2, 0) is 0 Å². The Hall–Kier alpha value is -3.06. The van der Waals surface area contributed by atoms with E-state index in [1.54, 1.807) is 0 Å². The molecule has 0 spiro atoms. The van der Waals surface area contributed by atoms with Crippen LogP contribution in [0.15, 0.2) is 53.4 Å². The molecule has 1 saturated heterocycles. The SMILES string of the molecule is CC1=CC=C2C3C1=c1cccc(C)c1=C1N(C)C=C(N13)C(C(F)(F)F)(C(F)(F)F)C2(C(F)(F)F)C(F)(F)F. The average Bonchev–Trinajstić information content (AvgIpc) is 3.06. The first-order chi connectivity index (χ1) is 17.2. The maximum absolute atomic E-state index is 14.8. The summed E-state index contributed by atoms with van der Waals surface area (Å²) in [7, 11) is 0.983. The van der Waals surface area contributed by atoms with E-state index < -0.39 is 52.8 Å². The summed E-state index contributed by atoms with van der Waals surface area (Å²) in [6.45, 7) is 2.80. The molecule has 0 radical (unpaired) electrons. The Kier molecular flexibility index (Phi) is 4.97. The Bertz CT molecular complexity index is 1440. The molecule has 3 aliphatic heterocycles. The molecule has 1 unspecified atom stereocenters. The van der Waals surface area contributed by atoms with Crippen molar-refractivity contribution in [2.75, 3.05) is 7.05 Å². The van der Waals surface area contributed by atoms with E-state index in [4.69, 9.17) is 0 Å². The van der Waals surface area contributed by atoms with Crippen molar-refractivity contribution in [3.8, 4) is 0 Å². The molecule has 0 bridgehead atoms. The van der Waals surface area contributed by atoms with Gasteiger partial charge in [0.25, 0.3) is 0 Å². The van der Waals surface area contributed by atoms with E-state index in [2.05, 4.69) is 0 Å². The van der Waals surface area contributed by atoms with Gasteiger partial charge >= 0.3 is 24.7 Å². The average molecular weight is 560 g/mol. The maximum atomic E-state index is 14.8. The zero-order valence-electron chi connectivity index (χ0n) is 19.5. The van der Waals surface area contributed by atoms with Gasteiger partial charge in [0.15, 0.2) is 0 Å². The van der Waals surface area contributed by atoms with Crippen LogP contribution in [0.2, 0.25) is 0 Å². The number of allylic oxidation sites excluding steroid dienone is 3. The number of halogens is 12. The van der Waals surface area contributed by atoms with Gasteiger partial charge in [0, 0.05) is 18.5 Å². The fourth-order valence-corrected chi connectivity index (χ4v) is 6.54. The summed E-state index contributed by atoms with van der Waals surface area (Å²) in [4.78, 5) is 1.07. The Labute approximate surface area is 206 Å². The first kappa shape index (κ1) is 26.5. The van der Waals surface area contributed by atoms with Crippen LogP contribution >= 0.6 is 0 Å². The van der Waals surface area contributed by atoms with Crippen molar-refractivity contribution < 1.29 is 52.7 Å². The van der Waals surface area contributed by atoms with Crippen LogP contribution in [0.25, 0.3) is 11.4 Å². The number of rotatable bonds is 0. The van der Waals surface area contributed by atoms with E-state index in [0.29, 0.717) is 16.5 Å². The van der Waals surface area contributed by atoms with Gasteiger partial charge in [-0.2, -0.15) is 52.7 Å². The second-order valence-electron chi connectivity index (χ2n) is 9.60. The van der Waals surface area contributed by atoms with Gasteiger partial charge in [-0.25, -0.2) is 0 Å². The van der Waals surface area contributed by atoms with E-state index in [-0.39, 0.29) is 39.7 Å². The van der Waals surface area contributed by atoms with E-state index in [1.165, 1.54) is 32.0 Å². The van der Waals surface area contributed by atoms with Crippen LogP contribution in [-0.4, -0.2) is 47.6 Å². The highest BCUT2D eigenvalue weighted by Gasteiger charge is 2.97. The lowest BCUT2D eigenvalue weighted by molar-refractivity contribution is -0.456. The quantitative estimate of drug-likeness (QED) is 0.370. The molecule has 4 aliphatic rings. The van der Waals surface area contributed by atoms with Crippen molar-refractivity contribution in [2.24, 2.45) is 10.8 Å². The molecule has 3 heterocycles. The molecule has 1 aromatic rings. The maximum Gasteiger partial charge on any atom is 0.410 e. The highest BCUT2D eigenvalue weighted by Crippen LogP contribution is 2.79. The molecule has 0 saturated carbocycles. The van der Waals surface area contributed by atoms with Crippen molar-refractivity contribution in [2.45, 2.75) is 44.6 Å². The standard InChI is InChI=1S/C24H16F12N2/c1-10-5-4-6-12-15-11(2)7-8-13-17(15)38-14(9-37(3)18(38)16(10)12)20(23(31,32)33,24(34,35)36)19(13,21(25,26)27)22(28,29)30/h4-9,17H,1-3H3. The van der Waals surface area contributed by atoms with E-state index >= 15 is 0 Å². The molecule has 0 N–H and O–H groups in total. The van der Waals surface area contributed by atoms with Crippen molar-refractivity contribution in [3.63, 3.8) is 0 Å². The number of benzene rings is 1. The van der Waals surface area contributed by atoms with Crippen LogP contribution in [0, 0.1) is 17.8 Å². The Morgan fingerprint density at radius 3 is 1.76 bits per heavy atom. The lowest BCUT2D eigenvalue weighted by Crippen LogP contribution is -2.78. The van der Waals surface area contributed by atoms with Gasteiger partial charge in [-0.05, 0) is 41.3 Å². The minimum atomic E-state index is -7.09. The number of hydrogen-bond donors (Lipinski definition) is 0. The van der Waals surface area contributed by atoms with Gasteiger partial charge < -0.3 is 9.80 Å². The van der Waals surface area contributed by atoms with Crippen molar-refractivity contribution >= 4 is 11.4 Å². The molecule has 5 rings (SSSR count). The number of aryl methyl sites for hydroxylation is 1. The summed E-state index contributed by atoms with van der Waals surface area (Å²) in [5.74, 6) is -0.377. The third kappa shape index (κ3) is 2.63. The topological polar surface area (TPSA) is 6.48 Å². The van der Waals surface area contributed by atoms with Gasteiger partial charge in [-0.3, -0.25) is 0 Å². The van der Waals surface area contributed by atoms with Crippen molar-refractivity contribution in [1.82, 2.24) is 9.80 Å². The normalized spacial score (nSPS) is 24.1. The van der Waals surface area contributed by atoms with Gasteiger partial charge in [0.1, 0.15) is 5.82 Å². The minimum Gasteiger partial charge on any atom is -0.335 e. The van der Waals surface area contributed by atoms with E-state index in [0.717, 1.165) is 11.9 Å². The van der Waals surface area contributed by atoms with Crippen molar-refractivity contribution in [1.29, 1.82) is 0 Å². The Morgan fingerprint density at radius 1 is 0.737 bits per heavy atom. The molecular weight excluding hydrogens is 544 g/mol. The number of hydrogen-bond acceptors (Lipinski definition) is 2. The number of alkyl halides is 12. The number of fused-ring (bicyclic) bond motifs is 1. The third-order valence-electron chi connectivity index (χ3n) is 7.77. The third-order valence-corrected chi connectivity index (χ3v) is 7.77. The predicted octanol–water partition coefficient (Wildman–Crippen LogP) is 5.80. The van der Waals surface area contributed by atoms with Crippen LogP contribution < -0.4 is 10.4 Å². The molecule has 1 aromatic carbocycles. The Balaban J connectivity index is 2.16. The summed E-state index contributed by atoms with van der Waals surface area (Å²) < 4.78 is 178. The molecular formula is C24H16F12N2. The monoisotopic (exact) mass is 560 g/mol. The fraction of sp³-hybridized carbons (Fsp3) is 0.417. The van der Waals surface area contributed by atoms with E-state index in [9.17, 15) is 52.7 Å². The van der Waals surface area contributed by atoms with Crippen LogP contribution in [0.4, 0.5) is 52.7 Å². The van der Waals surface area contributed by atoms with Crippen LogP contribution in [0.1, 0.15) is 12.5 Å². The second kappa shape index (κ2) is 7.12. The minimum absolute atomic E-state index is 0.0894. The summed E-state index contributed by atoms with van der Waals surface area (Å²) in [6, 6.07) is 2.07. The summed E-state index contributed by atoms with van der Waals surface area (Å²) in [6.07, 6.45) is -27.4. The summed E-state index contributed by atoms with van der Waals surface area (Å²) in [5, 5.41) is 0.220. The molecule has 38 heavy (non-hydrogen) atoms. The summed E-state index contributed by atoms with van der Waals surface area (Å²) >= 11 is 0.